The molecule has 0 fully saturated rings. The van der Waals surface area contributed by atoms with Crippen LogP contribution in [-0.2, 0) is 14.3 Å². The van der Waals surface area contributed by atoms with Gasteiger partial charge in [0.2, 0.25) is 0 Å². The molecule has 0 heterocycles. The van der Waals surface area contributed by atoms with Gasteiger partial charge in [-0.1, -0.05) is 6.58 Å². The highest BCUT2D eigenvalue weighted by Crippen LogP contribution is 2.49. The van der Waals surface area contributed by atoms with Crippen molar-refractivity contribution in [1.82, 2.24) is 0 Å². The largest absolute Gasteiger partial charge is 0.460 e. The van der Waals surface area contributed by atoms with Crippen molar-refractivity contribution in [3.05, 3.63) is 12.2 Å². The van der Waals surface area contributed by atoms with Gasteiger partial charge in [0.05, 0.1) is 13.2 Å². The first kappa shape index (κ1) is 23.6. The molecular weight excluding hydrogens is 372 g/mol. The Kier molecular flexibility index (Phi) is 8.28. The minimum atomic E-state index is -6.30. The highest BCUT2D eigenvalue weighted by molar-refractivity contribution is 5.86. The molecule has 0 spiro atoms. The second-order valence-electron chi connectivity index (χ2n) is 5.06. The number of aliphatic hydroxyl groups excluding tert-OH is 1. The number of hydrogen-bond donors (Lipinski definition) is 1. The zero-order valence-corrected chi connectivity index (χ0v) is 12.9. The first-order chi connectivity index (χ1) is 11.2. The van der Waals surface area contributed by atoms with Gasteiger partial charge in [-0.25, -0.2) is 13.6 Å². The molecule has 0 rings (SSSR count). The fraction of sp³-hybridized carbons (Fsp3) is 0.769. The monoisotopic (exact) mass is 388 g/mol. The molecule has 0 aromatic heterocycles. The van der Waals surface area contributed by atoms with Crippen LogP contribution in [0.25, 0.3) is 0 Å². The SMILES string of the molecule is C=C(C)C(=O)OCC(O)COCCC(F)(F)C(F)(F)C(F)(F)C(F)F. The second kappa shape index (κ2) is 8.79. The van der Waals surface area contributed by atoms with Crippen LogP contribution in [0.1, 0.15) is 13.3 Å². The van der Waals surface area contributed by atoms with E-state index in [4.69, 9.17) is 0 Å². The molecule has 0 aromatic carbocycles. The molecular formula is C13H16F8O4. The lowest BCUT2D eigenvalue weighted by atomic mass is 10.0. The van der Waals surface area contributed by atoms with Crippen molar-refractivity contribution < 1.29 is 54.5 Å². The molecule has 0 amide bonds. The van der Waals surface area contributed by atoms with E-state index in [2.05, 4.69) is 16.1 Å². The lowest BCUT2D eigenvalue weighted by Crippen LogP contribution is -2.57. The van der Waals surface area contributed by atoms with Crippen LogP contribution in [-0.4, -0.2) is 61.2 Å². The normalized spacial score (nSPS) is 14.5. The zero-order valence-electron chi connectivity index (χ0n) is 12.9. The lowest BCUT2D eigenvalue weighted by Gasteiger charge is -2.32. The Morgan fingerprint density at radius 3 is 2.08 bits per heavy atom. The van der Waals surface area contributed by atoms with Crippen molar-refractivity contribution in [2.24, 2.45) is 0 Å². The van der Waals surface area contributed by atoms with E-state index in [0.717, 1.165) is 0 Å². The maximum atomic E-state index is 13.1. The molecule has 0 bridgehead atoms. The van der Waals surface area contributed by atoms with E-state index in [1.165, 1.54) is 6.92 Å². The highest BCUT2D eigenvalue weighted by atomic mass is 19.4. The molecule has 0 saturated carbocycles. The van der Waals surface area contributed by atoms with E-state index in [9.17, 15) is 45.0 Å². The number of rotatable bonds is 11. The number of esters is 1. The molecule has 1 N–H and O–H groups in total. The Balaban J connectivity index is 4.43. The van der Waals surface area contributed by atoms with Crippen LogP contribution < -0.4 is 0 Å². The Bertz CT molecular complexity index is 467. The van der Waals surface area contributed by atoms with Crippen LogP contribution in [0.15, 0.2) is 12.2 Å². The lowest BCUT2D eigenvalue weighted by molar-refractivity contribution is -0.340. The summed E-state index contributed by atoms with van der Waals surface area (Å²) in [6, 6.07) is 0. The third kappa shape index (κ3) is 6.10. The molecule has 25 heavy (non-hydrogen) atoms. The minimum Gasteiger partial charge on any atom is -0.460 e. The Hall–Kier alpha value is -1.43. The summed E-state index contributed by atoms with van der Waals surface area (Å²) in [7, 11) is 0. The Morgan fingerprint density at radius 1 is 1.12 bits per heavy atom. The summed E-state index contributed by atoms with van der Waals surface area (Å²) in [6.45, 7) is 1.92. The van der Waals surface area contributed by atoms with Crippen molar-refractivity contribution in [3.63, 3.8) is 0 Å². The minimum absolute atomic E-state index is 0.00921. The standard InChI is InChI=1S/C13H16F8O4/c1-7(2)9(23)25-6-8(22)5-24-4-3-11(16,17)13(20,21)12(18,19)10(14)15/h8,10,22H,1,3-6H2,2H3. The quantitative estimate of drug-likeness (QED) is 0.256. The summed E-state index contributed by atoms with van der Waals surface area (Å²) in [5.41, 5.74) is 0.00921. The first-order valence-corrected chi connectivity index (χ1v) is 6.67. The van der Waals surface area contributed by atoms with Gasteiger partial charge < -0.3 is 14.6 Å². The smallest absolute Gasteiger partial charge is 0.377 e. The predicted octanol–water partition coefficient (Wildman–Crippen LogP) is 3.04. The number of halogens is 8. The summed E-state index contributed by atoms with van der Waals surface area (Å²) in [4.78, 5) is 11.0. The molecule has 0 aliphatic heterocycles. The average Bonchev–Trinajstić information content (AvgIpc) is 2.48. The summed E-state index contributed by atoms with van der Waals surface area (Å²) in [6.07, 6.45) is -8.50. The van der Waals surface area contributed by atoms with E-state index in [-0.39, 0.29) is 5.57 Å². The second-order valence-corrected chi connectivity index (χ2v) is 5.06. The van der Waals surface area contributed by atoms with Crippen LogP contribution >= 0.6 is 0 Å². The van der Waals surface area contributed by atoms with Crippen LogP contribution in [0.3, 0.4) is 0 Å². The maximum Gasteiger partial charge on any atom is 0.377 e. The van der Waals surface area contributed by atoms with Crippen molar-refractivity contribution >= 4 is 5.97 Å². The van der Waals surface area contributed by atoms with Crippen LogP contribution in [0.2, 0.25) is 0 Å². The van der Waals surface area contributed by atoms with Gasteiger partial charge in [-0.3, -0.25) is 0 Å². The fourth-order valence-electron chi connectivity index (χ4n) is 1.30. The number of ether oxygens (including phenoxy) is 2. The maximum absolute atomic E-state index is 13.1. The molecule has 0 radical (unpaired) electrons. The molecule has 12 heteroatoms. The third-order valence-electron chi connectivity index (χ3n) is 2.78. The fourth-order valence-corrected chi connectivity index (χ4v) is 1.30. The summed E-state index contributed by atoms with van der Waals surface area (Å²) in [5, 5.41) is 9.28. The number of alkyl halides is 8. The van der Waals surface area contributed by atoms with Gasteiger partial charge in [0, 0.05) is 12.0 Å². The number of aliphatic hydroxyl groups is 1. The van der Waals surface area contributed by atoms with Gasteiger partial charge in [0.25, 0.3) is 0 Å². The van der Waals surface area contributed by atoms with Crippen molar-refractivity contribution in [3.8, 4) is 0 Å². The van der Waals surface area contributed by atoms with E-state index in [1.54, 1.807) is 0 Å². The summed E-state index contributed by atoms with van der Waals surface area (Å²) >= 11 is 0. The molecule has 1 unspecified atom stereocenters. The molecule has 0 saturated heterocycles. The summed E-state index contributed by atoms with van der Waals surface area (Å²) < 4.78 is 110. The van der Waals surface area contributed by atoms with Crippen molar-refractivity contribution in [2.75, 3.05) is 19.8 Å². The van der Waals surface area contributed by atoms with Gasteiger partial charge in [-0.05, 0) is 6.92 Å². The van der Waals surface area contributed by atoms with E-state index >= 15 is 0 Å². The molecule has 0 aromatic rings. The number of carbonyl (C=O) groups is 1. The topological polar surface area (TPSA) is 55.8 Å². The van der Waals surface area contributed by atoms with Gasteiger partial charge in [0.1, 0.15) is 12.7 Å². The summed E-state index contributed by atoms with van der Waals surface area (Å²) in [5.74, 6) is -18.9. The van der Waals surface area contributed by atoms with E-state index in [1.807, 2.05) is 0 Å². The van der Waals surface area contributed by atoms with Crippen LogP contribution in [0.4, 0.5) is 35.1 Å². The Morgan fingerprint density at radius 2 is 1.64 bits per heavy atom. The van der Waals surface area contributed by atoms with Crippen LogP contribution in [0, 0.1) is 0 Å². The Labute approximate surface area is 137 Å². The highest BCUT2D eigenvalue weighted by Gasteiger charge is 2.74. The van der Waals surface area contributed by atoms with Crippen molar-refractivity contribution in [2.45, 2.75) is 43.6 Å². The number of hydrogen-bond acceptors (Lipinski definition) is 4. The van der Waals surface area contributed by atoms with E-state index in [0.29, 0.717) is 0 Å². The van der Waals surface area contributed by atoms with Gasteiger partial charge in [-0.15, -0.1) is 0 Å². The van der Waals surface area contributed by atoms with Crippen LogP contribution in [0.5, 0.6) is 0 Å². The molecule has 4 nitrogen and oxygen atoms in total. The van der Waals surface area contributed by atoms with Gasteiger partial charge in [-0.2, -0.15) is 26.3 Å². The molecule has 0 aliphatic rings. The molecule has 0 aliphatic carbocycles. The predicted molar refractivity (Wildman–Crippen MR) is 68.1 cm³/mol. The first-order valence-electron chi connectivity index (χ1n) is 6.67. The zero-order chi connectivity index (χ0) is 20.1. The van der Waals surface area contributed by atoms with E-state index < -0.39 is 62.5 Å². The molecule has 1 atom stereocenters. The third-order valence-corrected chi connectivity index (χ3v) is 2.78. The number of carbonyl (C=O) groups excluding carboxylic acids is 1. The molecule has 148 valence electrons. The van der Waals surface area contributed by atoms with Crippen molar-refractivity contribution in [1.29, 1.82) is 0 Å². The average molecular weight is 388 g/mol. The van der Waals surface area contributed by atoms with Gasteiger partial charge in [0.15, 0.2) is 0 Å². The van der Waals surface area contributed by atoms with Gasteiger partial charge >= 0.3 is 30.2 Å².